The molecule has 1 aromatic rings. The van der Waals surface area contributed by atoms with Crippen molar-refractivity contribution in [2.24, 2.45) is 0 Å². The number of benzene rings is 1. The zero-order valence-corrected chi connectivity index (χ0v) is 11.3. The highest BCUT2D eigenvalue weighted by molar-refractivity contribution is 5.79. The lowest BCUT2D eigenvalue weighted by Gasteiger charge is -2.10. The summed E-state index contributed by atoms with van der Waals surface area (Å²) in [5.41, 5.74) is 0. The molecule has 0 aliphatic heterocycles. The van der Waals surface area contributed by atoms with E-state index >= 15 is 0 Å². The van der Waals surface area contributed by atoms with Crippen LogP contribution >= 0.6 is 0 Å². The maximum absolute atomic E-state index is 13.2. The first-order chi connectivity index (χ1) is 9.52. The number of hydrogen-bond donors (Lipinski definition) is 0. The van der Waals surface area contributed by atoms with Crippen molar-refractivity contribution < 1.29 is 23.5 Å². The van der Waals surface area contributed by atoms with E-state index in [1.54, 1.807) is 19.1 Å². The van der Waals surface area contributed by atoms with E-state index in [-0.39, 0.29) is 24.7 Å². The second-order valence-corrected chi connectivity index (χ2v) is 4.23. The smallest absolute Gasteiger partial charge is 0.311 e. The van der Waals surface area contributed by atoms with E-state index < -0.39 is 17.8 Å². The molecule has 0 aliphatic rings. The molecule has 1 rings (SSSR count). The van der Waals surface area contributed by atoms with Crippen LogP contribution in [-0.2, 0) is 14.3 Å². The van der Waals surface area contributed by atoms with Gasteiger partial charge in [0.15, 0.2) is 11.6 Å². The number of ether oxygens (including phenoxy) is 2. The van der Waals surface area contributed by atoms with E-state index in [4.69, 9.17) is 9.47 Å². The van der Waals surface area contributed by atoms with E-state index in [1.807, 2.05) is 0 Å². The van der Waals surface area contributed by atoms with Gasteiger partial charge in [0, 0.05) is 6.42 Å². The first-order valence-electron chi connectivity index (χ1n) is 6.28. The summed E-state index contributed by atoms with van der Waals surface area (Å²) < 4.78 is 23.1. The Hall–Kier alpha value is -2.17. The quantitative estimate of drug-likeness (QED) is 0.437. The Bertz CT molecular complexity index is 485. The third kappa shape index (κ3) is 5.65. The van der Waals surface area contributed by atoms with Crippen LogP contribution in [0.15, 0.2) is 36.9 Å². The molecule has 0 radical (unpaired) electrons. The molecule has 0 saturated heterocycles. The van der Waals surface area contributed by atoms with Crippen LogP contribution in [-0.4, -0.2) is 18.0 Å². The first-order valence-corrected chi connectivity index (χ1v) is 6.28. The molecule has 0 N–H and O–H groups in total. The van der Waals surface area contributed by atoms with Crippen LogP contribution < -0.4 is 4.74 Å². The summed E-state index contributed by atoms with van der Waals surface area (Å²) in [6, 6.07) is 5.58. The number of esters is 2. The molecule has 20 heavy (non-hydrogen) atoms. The minimum Gasteiger partial charge on any atom is -0.462 e. The zero-order chi connectivity index (χ0) is 15.0. The van der Waals surface area contributed by atoms with Crippen LogP contribution in [0.5, 0.6) is 5.75 Å². The monoisotopic (exact) mass is 280 g/mol. The fraction of sp³-hybridized carbons (Fsp3) is 0.333. The Morgan fingerprint density at radius 2 is 1.95 bits per heavy atom. The zero-order valence-electron chi connectivity index (χ0n) is 11.3. The van der Waals surface area contributed by atoms with Gasteiger partial charge >= 0.3 is 11.9 Å². The van der Waals surface area contributed by atoms with Crippen molar-refractivity contribution in [2.75, 3.05) is 0 Å². The lowest BCUT2D eigenvalue weighted by molar-refractivity contribution is -0.150. The third-order valence-electron chi connectivity index (χ3n) is 2.42. The molecule has 0 saturated carbocycles. The molecule has 1 aromatic carbocycles. The van der Waals surface area contributed by atoms with E-state index in [9.17, 15) is 14.0 Å². The second-order valence-electron chi connectivity index (χ2n) is 4.23. The number of carbonyl (C=O) groups excluding carboxylic acids is 2. The summed E-state index contributed by atoms with van der Waals surface area (Å²) in [4.78, 5) is 22.9. The predicted octanol–water partition coefficient (Wildman–Crippen LogP) is 3.02. The normalized spacial score (nSPS) is 11.5. The minimum absolute atomic E-state index is 0.102. The highest BCUT2D eigenvalue weighted by atomic mass is 19.1. The SMILES string of the molecule is C=CCC(C)OC(=O)CCC(=O)Oc1ccccc1F. The average molecular weight is 280 g/mol. The van der Waals surface area contributed by atoms with Gasteiger partial charge in [-0.15, -0.1) is 6.58 Å². The van der Waals surface area contributed by atoms with Gasteiger partial charge in [0.05, 0.1) is 12.8 Å². The van der Waals surface area contributed by atoms with Gasteiger partial charge in [0.25, 0.3) is 0 Å². The van der Waals surface area contributed by atoms with Gasteiger partial charge in [-0.25, -0.2) is 4.39 Å². The fourth-order valence-electron chi connectivity index (χ4n) is 1.47. The Kier molecular flexibility index (Phi) is 6.43. The number of halogens is 1. The molecule has 5 heteroatoms. The molecule has 0 aromatic heterocycles. The number of hydrogen-bond acceptors (Lipinski definition) is 4. The third-order valence-corrected chi connectivity index (χ3v) is 2.42. The van der Waals surface area contributed by atoms with Gasteiger partial charge in [-0.3, -0.25) is 9.59 Å². The molecule has 1 atom stereocenters. The summed E-state index contributed by atoms with van der Waals surface area (Å²) >= 11 is 0. The molecule has 0 heterocycles. The molecular formula is C15H17FO4. The van der Waals surface area contributed by atoms with Crippen molar-refractivity contribution in [3.63, 3.8) is 0 Å². The highest BCUT2D eigenvalue weighted by Gasteiger charge is 2.13. The summed E-state index contributed by atoms with van der Waals surface area (Å²) in [6.45, 7) is 5.27. The van der Waals surface area contributed by atoms with Crippen molar-refractivity contribution in [1.82, 2.24) is 0 Å². The van der Waals surface area contributed by atoms with Crippen LogP contribution in [0.2, 0.25) is 0 Å². The van der Waals surface area contributed by atoms with E-state index in [0.717, 1.165) is 0 Å². The van der Waals surface area contributed by atoms with Gasteiger partial charge in [0.2, 0.25) is 0 Å². The second kappa shape index (κ2) is 8.09. The topological polar surface area (TPSA) is 52.6 Å². The lowest BCUT2D eigenvalue weighted by atomic mass is 10.2. The van der Waals surface area contributed by atoms with Crippen LogP contribution in [0.1, 0.15) is 26.2 Å². The number of rotatable bonds is 7. The molecule has 108 valence electrons. The largest absolute Gasteiger partial charge is 0.462 e. The number of para-hydroxylation sites is 1. The minimum atomic E-state index is -0.677. The molecule has 0 spiro atoms. The first kappa shape index (κ1) is 15.9. The van der Waals surface area contributed by atoms with E-state index in [0.29, 0.717) is 6.42 Å². The van der Waals surface area contributed by atoms with Gasteiger partial charge in [-0.1, -0.05) is 18.2 Å². The maximum Gasteiger partial charge on any atom is 0.311 e. The molecule has 4 nitrogen and oxygen atoms in total. The van der Waals surface area contributed by atoms with Gasteiger partial charge in [0.1, 0.15) is 6.10 Å². The lowest BCUT2D eigenvalue weighted by Crippen LogP contribution is -2.17. The van der Waals surface area contributed by atoms with Crippen LogP contribution in [0.25, 0.3) is 0 Å². The van der Waals surface area contributed by atoms with Gasteiger partial charge in [-0.2, -0.15) is 0 Å². The van der Waals surface area contributed by atoms with Crippen LogP contribution in [0.3, 0.4) is 0 Å². The average Bonchev–Trinajstić information content (AvgIpc) is 2.39. The van der Waals surface area contributed by atoms with Crippen molar-refractivity contribution in [3.05, 3.63) is 42.7 Å². The summed E-state index contributed by atoms with van der Waals surface area (Å²) in [6.07, 6.45) is 1.65. The standard InChI is InChI=1S/C15H17FO4/c1-3-6-11(2)19-14(17)9-10-15(18)20-13-8-5-4-7-12(13)16/h3-5,7-8,11H,1,6,9-10H2,2H3. The molecule has 0 bridgehead atoms. The molecular weight excluding hydrogens is 263 g/mol. The Morgan fingerprint density at radius 1 is 1.30 bits per heavy atom. The summed E-state index contributed by atoms with van der Waals surface area (Å²) in [5.74, 6) is -1.94. The van der Waals surface area contributed by atoms with Crippen molar-refractivity contribution >= 4 is 11.9 Å². The molecule has 0 fully saturated rings. The summed E-state index contributed by atoms with van der Waals surface area (Å²) in [5, 5.41) is 0. The van der Waals surface area contributed by atoms with Crippen LogP contribution in [0, 0.1) is 5.82 Å². The maximum atomic E-state index is 13.2. The van der Waals surface area contributed by atoms with Crippen LogP contribution in [0.4, 0.5) is 4.39 Å². The predicted molar refractivity (Wildman–Crippen MR) is 71.6 cm³/mol. The highest BCUT2D eigenvalue weighted by Crippen LogP contribution is 2.16. The Morgan fingerprint density at radius 3 is 2.60 bits per heavy atom. The van der Waals surface area contributed by atoms with Crippen molar-refractivity contribution in [1.29, 1.82) is 0 Å². The Labute approximate surface area is 117 Å². The van der Waals surface area contributed by atoms with E-state index in [2.05, 4.69) is 6.58 Å². The fourth-order valence-corrected chi connectivity index (χ4v) is 1.47. The molecule has 1 unspecified atom stereocenters. The number of carbonyl (C=O) groups is 2. The molecule has 0 aliphatic carbocycles. The van der Waals surface area contributed by atoms with Gasteiger partial charge in [-0.05, 0) is 19.1 Å². The van der Waals surface area contributed by atoms with Crippen molar-refractivity contribution in [2.45, 2.75) is 32.3 Å². The van der Waals surface area contributed by atoms with E-state index in [1.165, 1.54) is 18.2 Å². The van der Waals surface area contributed by atoms with Crippen molar-refractivity contribution in [3.8, 4) is 5.75 Å². The Balaban J connectivity index is 2.35. The summed E-state index contributed by atoms with van der Waals surface area (Å²) in [7, 11) is 0. The van der Waals surface area contributed by atoms with Gasteiger partial charge < -0.3 is 9.47 Å². The molecule has 0 amide bonds.